The Kier molecular flexibility index (Phi) is 16.4. The fourth-order valence-corrected chi connectivity index (χ4v) is 13.6. The highest BCUT2D eigenvalue weighted by Crippen LogP contribution is 2.63. The van der Waals surface area contributed by atoms with Crippen molar-refractivity contribution in [3.05, 3.63) is 112 Å². The Morgan fingerprint density at radius 3 is 1.58 bits per heavy atom. The van der Waals surface area contributed by atoms with Gasteiger partial charge in [0, 0.05) is 56.1 Å². The fraction of sp³-hybridized carbons (Fsp3) is 0.472. The number of halogens is 1. The smallest absolute Gasteiger partial charge is 0.423 e. The molecule has 72 heavy (non-hydrogen) atoms. The molecule has 4 spiro atoms. The molecule has 0 aromatic heterocycles. The summed E-state index contributed by atoms with van der Waals surface area (Å²) in [6.45, 7) is 1.94. The third kappa shape index (κ3) is 9.63. The van der Waals surface area contributed by atoms with E-state index >= 15 is 0 Å². The molecule has 6 aliphatic rings. The highest BCUT2D eigenvalue weighted by Gasteiger charge is 2.67. The van der Waals surface area contributed by atoms with E-state index in [4.69, 9.17) is 35.2 Å². The summed E-state index contributed by atoms with van der Waals surface area (Å²) in [5.41, 5.74) is 10.1. The number of rotatable bonds is 6. The summed E-state index contributed by atoms with van der Waals surface area (Å²) in [6.07, 6.45) is 11.8. The number of hydrogen-bond donors (Lipinski definition) is 3. The lowest BCUT2D eigenvalue weighted by Gasteiger charge is -2.45. The molecular formula is C53H69BBrN5O10S2. The number of amidine groups is 1. The highest BCUT2D eigenvalue weighted by molar-refractivity contribution is 9.10. The van der Waals surface area contributed by atoms with Crippen molar-refractivity contribution in [2.45, 2.75) is 119 Å². The molecule has 15 nitrogen and oxygen atoms in total. The molecule has 2 amide bonds. The first-order valence-corrected chi connectivity index (χ1v) is 28.0. The SMILES string of the molecule is C.C.COC1CCC2(CC1)Cc1ccc(-c3cccc(S(C)(=O)=O)c3)cc1C21N=C(N)N(C)C1=O.COC1CCC2(CC1)Cc1ccc(Br)cc1C21N=C(C)N(C)C1=O.CS(=O)(=O)c1cccc(B(O)O)c1. The van der Waals surface area contributed by atoms with Gasteiger partial charge in [-0.1, -0.05) is 73.2 Å². The normalized spacial score (nSPS) is 27.0. The van der Waals surface area contributed by atoms with Crippen molar-refractivity contribution in [2.24, 2.45) is 26.5 Å². The average Bonchev–Trinajstić information content (AvgIpc) is 3.93. The van der Waals surface area contributed by atoms with Gasteiger partial charge in [-0.25, -0.2) is 21.8 Å². The number of ether oxygens (including phenoxy) is 2. The van der Waals surface area contributed by atoms with Crippen LogP contribution in [0.3, 0.4) is 0 Å². The Bertz CT molecular complexity index is 3030. The standard InChI is InChI=1S/C25H29N3O4S.C19H23BrN2O2.C7H9BO4S.2CH4/c1-28-22(29)25(27-23(28)26)21-14-17(16-5-4-6-20(13-16)33(3,30)31)7-8-18(21)15-24(25)11-9-19(32-2)10-12-24;1-12-21-19(17(23)22(12)2)16-10-14(20)5-4-13(16)11-18(19)8-6-15(24-3)7-9-18;1-13(11,12)7-4-2-3-6(5-7)8(9)10;;/h4-8,13-14,19H,9-12,15H2,1-3H3,(H2,26,27);4-5,10,15H,6-9,11H2,1-3H3;2-5,9-10H,1H3;2*1H4. The van der Waals surface area contributed by atoms with E-state index in [1.165, 1.54) is 41.0 Å². The predicted molar refractivity (Wildman–Crippen MR) is 286 cm³/mol. The van der Waals surface area contributed by atoms with E-state index < -0.39 is 37.9 Å². The summed E-state index contributed by atoms with van der Waals surface area (Å²) in [5, 5.41) is 17.5. The molecule has 388 valence electrons. The van der Waals surface area contributed by atoms with Crippen LogP contribution in [0.2, 0.25) is 0 Å². The molecule has 0 radical (unpaired) electrons. The lowest BCUT2D eigenvalue weighted by molar-refractivity contribution is -0.138. The summed E-state index contributed by atoms with van der Waals surface area (Å²) in [5.74, 6) is 1.11. The number of nitrogens with zero attached hydrogens (tertiary/aromatic N) is 4. The van der Waals surface area contributed by atoms with Crippen LogP contribution in [0.5, 0.6) is 0 Å². The number of hydrogen-bond acceptors (Lipinski definition) is 13. The molecule has 4 N–H and O–H groups in total. The van der Waals surface area contributed by atoms with Crippen molar-refractivity contribution >= 4 is 71.8 Å². The van der Waals surface area contributed by atoms with Crippen LogP contribution in [0.4, 0.5) is 0 Å². The number of aliphatic imine (C=N–C) groups is 2. The molecular weight excluding hydrogens is 1020 g/mol. The van der Waals surface area contributed by atoms with Crippen molar-refractivity contribution in [1.82, 2.24) is 9.80 Å². The lowest BCUT2D eigenvalue weighted by Crippen LogP contribution is -2.51. The molecule has 2 fully saturated rings. The summed E-state index contributed by atoms with van der Waals surface area (Å²) < 4.78 is 58.4. The van der Waals surface area contributed by atoms with E-state index in [-0.39, 0.29) is 64.8 Å². The molecule has 4 aromatic carbocycles. The van der Waals surface area contributed by atoms with Gasteiger partial charge in [0.2, 0.25) is 0 Å². The van der Waals surface area contributed by atoms with E-state index in [0.29, 0.717) is 6.10 Å². The summed E-state index contributed by atoms with van der Waals surface area (Å²) in [6, 6.07) is 24.9. The van der Waals surface area contributed by atoms with Gasteiger partial charge in [-0.3, -0.25) is 19.5 Å². The number of carbonyl (C=O) groups is 2. The van der Waals surface area contributed by atoms with Gasteiger partial charge in [0.1, 0.15) is 5.84 Å². The zero-order valence-electron chi connectivity index (χ0n) is 40.6. The summed E-state index contributed by atoms with van der Waals surface area (Å²) in [7, 11) is -1.19. The number of sulfone groups is 2. The largest absolute Gasteiger partial charge is 0.488 e. The van der Waals surface area contributed by atoms with E-state index in [9.17, 15) is 26.4 Å². The van der Waals surface area contributed by atoms with E-state index in [1.54, 1.807) is 44.4 Å². The second-order valence-corrected chi connectivity index (χ2v) is 24.7. The van der Waals surface area contributed by atoms with Gasteiger partial charge >= 0.3 is 7.12 Å². The number of methoxy groups -OCH3 is 2. The minimum atomic E-state index is -3.33. The van der Waals surface area contributed by atoms with Crippen molar-refractivity contribution in [2.75, 3.05) is 40.8 Å². The monoisotopic (exact) mass is 1090 g/mol. The molecule has 0 bridgehead atoms. The van der Waals surface area contributed by atoms with Crippen LogP contribution in [0, 0.1) is 10.8 Å². The number of nitrogens with two attached hydrogens (primary N) is 1. The lowest BCUT2D eigenvalue weighted by atomic mass is 9.61. The molecule has 2 saturated carbocycles. The number of carbonyl (C=O) groups excluding carboxylic acids is 2. The molecule has 2 heterocycles. The molecule has 19 heteroatoms. The topological polar surface area (TPSA) is 219 Å². The Hall–Kier alpha value is -4.76. The minimum absolute atomic E-state index is 0. The Labute approximate surface area is 434 Å². The molecule has 4 aromatic rings. The highest BCUT2D eigenvalue weighted by atomic mass is 79.9. The quantitative estimate of drug-likeness (QED) is 0.175. The summed E-state index contributed by atoms with van der Waals surface area (Å²) >= 11 is 3.59. The van der Waals surface area contributed by atoms with Gasteiger partial charge in [0.15, 0.2) is 36.7 Å². The van der Waals surface area contributed by atoms with E-state index in [2.05, 4.69) is 40.2 Å². The summed E-state index contributed by atoms with van der Waals surface area (Å²) in [4.78, 5) is 40.6. The first-order valence-electron chi connectivity index (χ1n) is 23.4. The number of amides is 2. The van der Waals surface area contributed by atoms with Crippen LogP contribution in [0.25, 0.3) is 11.1 Å². The predicted octanol–water partition coefficient (Wildman–Crippen LogP) is 6.58. The fourth-order valence-electron chi connectivity index (χ4n) is 11.9. The zero-order chi connectivity index (χ0) is 50.8. The van der Waals surface area contributed by atoms with E-state index in [0.717, 1.165) is 109 Å². The molecule has 4 aliphatic carbocycles. The Balaban J connectivity index is 0.000000190. The number of likely N-dealkylation sites (N-methyl/N-ethyl adjacent to an activating group) is 2. The van der Waals surface area contributed by atoms with Gasteiger partial charge in [0.25, 0.3) is 11.8 Å². The van der Waals surface area contributed by atoms with Crippen molar-refractivity contribution in [3.8, 4) is 11.1 Å². The van der Waals surface area contributed by atoms with Gasteiger partial charge in [0.05, 0.1) is 22.0 Å². The average molecular weight is 1090 g/mol. The third-order valence-electron chi connectivity index (χ3n) is 15.8. The maximum absolute atomic E-state index is 13.8. The van der Waals surface area contributed by atoms with Crippen LogP contribution in [-0.2, 0) is 62.7 Å². The number of fused-ring (bicyclic) bond motifs is 6. The van der Waals surface area contributed by atoms with Crippen LogP contribution < -0.4 is 11.2 Å². The molecule has 2 unspecified atom stereocenters. The van der Waals surface area contributed by atoms with E-state index in [1.807, 2.05) is 32.2 Å². The molecule has 2 aliphatic heterocycles. The maximum Gasteiger partial charge on any atom is 0.488 e. The van der Waals surface area contributed by atoms with Gasteiger partial charge in [-0.05, 0) is 152 Å². The second-order valence-electron chi connectivity index (χ2n) is 19.8. The van der Waals surface area contributed by atoms with Gasteiger partial charge in [-0.2, -0.15) is 0 Å². The number of benzene rings is 4. The van der Waals surface area contributed by atoms with Crippen LogP contribution in [0.15, 0.2) is 109 Å². The third-order valence-corrected chi connectivity index (χ3v) is 18.6. The Morgan fingerprint density at radius 1 is 0.667 bits per heavy atom. The minimum Gasteiger partial charge on any atom is -0.423 e. The number of guanidine groups is 1. The second kappa shape index (κ2) is 20.9. The maximum atomic E-state index is 13.8. The first-order chi connectivity index (χ1) is 33.0. The Morgan fingerprint density at radius 2 is 1.12 bits per heavy atom. The molecule has 2 atom stereocenters. The van der Waals surface area contributed by atoms with Gasteiger partial charge < -0.3 is 30.2 Å². The molecule has 0 saturated heterocycles. The van der Waals surface area contributed by atoms with Crippen molar-refractivity contribution in [3.63, 3.8) is 0 Å². The van der Waals surface area contributed by atoms with Gasteiger partial charge in [-0.15, -0.1) is 0 Å². The van der Waals surface area contributed by atoms with Crippen LogP contribution in [-0.4, -0.2) is 120 Å². The van der Waals surface area contributed by atoms with Crippen molar-refractivity contribution < 1.29 is 45.9 Å². The van der Waals surface area contributed by atoms with Crippen LogP contribution in [0.1, 0.15) is 95.4 Å². The molecule has 10 rings (SSSR count). The zero-order valence-corrected chi connectivity index (χ0v) is 43.8. The first kappa shape index (κ1) is 56.5. The van der Waals surface area contributed by atoms with Crippen LogP contribution >= 0.6 is 15.9 Å². The van der Waals surface area contributed by atoms with Crippen molar-refractivity contribution in [1.29, 1.82) is 0 Å².